The van der Waals surface area contributed by atoms with E-state index in [2.05, 4.69) is 10.6 Å². The standard InChI is InChI=1S/C23H20N2O3/c1-15-6-3-10-20(12-15)24-22(27)18-8-4-9-19(13-18)23(28)25-21-11-5-7-17(14-21)16(2)26/h3-14H,1-2H3,(H,24,27)(H,25,28). The number of rotatable bonds is 5. The molecule has 28 heavy (non-hydrogen) atoms. The largest absolute Gasteiger partial charge is 0.322 e. The van der Waals surface area contributed by atoms with Crippen molar-refractivity contribution in [3.05, 3.63) is 95.1 Å². The molecule has 0 radical (unpaired) electrons. The highest BCUT2D eigenvalue weighted by molar-refractivity contribution is 6.09. The quantitative estimate of drug-likeness (QED) is 0.637. The highest BCUT2D eigenvalue weighted by Gasteiger charge is 2.12. The van der Waals surface area contributed by atoms with E-state index in [0.29, 0.717) is 28.1 Å². The lowest BCUT2D eigenvalue weighted by Gasteiger charge is -2.09. The summed E-state index contributed by atoms with van der Waals surface area (Å²) in [5, 5.41) is 5.58. The van der Waals surface area contributed by atoms with Gasteiger partial charge in [0.25, 0.3) is 11.8 Å². The zero-order chi connectivity index (χ0) is 20.1. The Balaban J connectivity index is 1.75. The minimum atomic E-state index is -0.356. The summed E-state index contributed by atoms with van der Waals surface area (Å²) in [5.74, 6) is -0.726. The Hall–Kier alpha value is -3.73. The molecule has 0 aliphatic heterocycles. The molecule has 0 fully saturated rings. The summed E-state index contributed by atoms with van der Waals surface area (Å²) in [6.07, 6.45) is 0. The van der Waals surface area contributed by atoms with Crippen molar-refractivity contribution in [3.63, 3.8) is 0 Å². The van der Waals surface area contributed by atoms with Gasteiger partial charge in [-0.15, -0.1) is 0 Å². The number of aryl methyl sites for hydroxylation is 1. The second kappa shape index (κ2) is 8.31. The van der Waals surface area contributed by atoms with Crippen LogP contribution in [0.25, 0.3) is 0 Å². The van der Waals surface area contributed by atoms with Gasteiger partial charge < -0.3 is 10.6 Å². The minimum absolute atomic E-state index is 0.0779. The predicted molar refractivity (Wildman–Crippen MR) is 110 cm³/mol. The number of benzene rings is 3. The smallest absolute Gasteiger partial charge is 0.255 e. The third-order valence-corrected chi connectivity index (χ3v) is 4.19. The first-order valence-electron chi connectivity index (χ1n) is 8.83. The van der Waals surface area contributed by atoms with Crippen LogP contribution in [-0.2, 0) is 0 Å². The van der Waals surface area contributed by atoms with E-state index in [1.54, 1.807) is 42.5 Å². The zero-order valence-corrected chi connectivity index (χ0v) is 15.7. The zero-order valence-electron chi connectivity index (χ0n) is 15.7. The Bertz CT molecular complexity index is 1060. The maximum atomic E-state index is 12.5. The lowest BCUT2D eigenvalue weighted by Crippen LogP contribution is -2.15. The van der Waals surface area contributed by atoms with Gasteiger partial charge in [-0.3, -0.25) is 14.4 Å². The molecule has 0 saturated carbocycles. The van der Waals surface area contributed by atoms with Crippen LogP contribution in [0.4, 0.5) is 11.4 Å². The number of hydrogen-bond acceptors (Lipinski definition) is 3. The van der Waals surface area contributed by atoms with Crippen LogP contribution in [0.15, 0.2) is 72.8 Å². The van der Waals surface area contributed by atoms with Crippen LogP contribution in [0.3, 0.4) is 0 Å². The van der Waals surface area contributed by atoms with Crippen LogP contribution in [-0.4, -0.2) is 17.6 Å². The number of carbonyl (C=O) groups is 3. The number of amides is 2. The highest BCUT2D eigenvalue weighted by Crippen LogP contribution is 2.15. The average Bonchev–Trinajstić information content (AvgIpc) is 2.68. The van der Waals surface area contributed by atoms with E-state index in [-0.39, 0.29) is 17.6 Å². The maximum absolute atomic E-state index is 12.5. The van der Waals surface area contributed by atoms with Crippen molar-refractivity contribution in [1.29, 1.82) is 0 Å². The number of ketones is 1. The summed E-state index contributed by atoms with van der Waals surface area (Å²) >= 11 is 0. The van der Waals surface area contributed by atoms with Crippen LogP contribution in [0.5, 0.6) is 0 Å². The molecule has 3 aromatic carbocycles. The summed E-state index contributed by atoms with van der Waals surface area (Å²) < 4.78 is 0. The highest BCUT2D eigenvalue weighted by atomic mass is 16.2. The molecule has 5 heteroatoms. The number of Topliss-reactive ketones (excluding diaryl/α,β-unsaturated/α-hetero) is 1. The first kappa shape index (κ1) is 19.0. The first-order chi connectivity index (χ1) is 13.4. The van der Waals surface area contributed by atoms with E-state index < -0.39 is 0 Å². The lowest BCUT2D eigenvalue weighted by atomic mass is 10.1. The number of anilines is 2. The van der Waals surface area contributed by atoms with Crippen LogP contribution in [0.1, 0.15) is 43.6 Å². The lowest BCUT2D eigenvalue weighted by molar-refractivity contribution is 0.100. The van der Waals surface area contributed by atoms with Crippen molar-refractivity contribution in [2.75, 3.05) is 10.6 Å². The van der Waals surface area contributed by atoms with E-state index in [1.165, 1.54) is 13.0 Å². The fourth-order valence-electron chi connectivity index (χ4n) is 2.75. The van der Waals surface area contributed by atoms with Gasteiger partial charge in [0, 0.05) is 28.1 Å². The Morgan fingerprint density at radius 2 is 1.14 bits per heavy atom. The predicted octanol–water partition coefficient (Wildman–Crippen LogP) is 4.70. The van der Waals surface area contributed by atoms with Crippen molar-refractivity contribution in [1.82, 2.24) is 0 Å². The average molecular weight is 372 g/mol. The monoisotopic (exact) mass is 372 g/mol. The van der Waals surface area contributed by atoms with Crippen molar-refractivity contribution < 1.29 is 14.4 Å². The van der Waals surface area contributed by atoms with Gasteiger partial charge in [-0.1, -0.05) is 30.3 Å². The molecule has 0 saturated heterocycles. The van der Waals surface area contributed by atoms with Crippen LogP contribution in [0, 0.1) is 6.92 Å². The van der Waals surface area contributed by atoms with E-state index in [9.17, 15) is 14.4 Å². The molecule has 0 atom stereocenters. The molecule has 3 rings (SSSR count). The fraction of sp³-hybridized carbons (Fsp3) is 0.0870. The Kier molecular flexibility index (Phi) is 5.65. The molecule has 0 aliphatic carbocycles. The first-order valence-corrected chi connectivity index (χ1v) is 8.83. The van der Waals surface area contributed by atoms with Gasteiger partial charge in [-0.2, -0.15) is 0 Å². The van der Waals surface area contributed by atoms with Gasteiger partial charge in [0.2, 0.25) is 0 Å². The van der Waals surface area contributed by atoms with Crippen LogP contribution in [0.2, 0.25) is 0 Å². The molecule has 3 aromatic rings. The third-order valence-electron chi connectivity index (χ3n) is 4.19. The van der Waals surface area contributed by atoms with Gasteiger partial charge in [0.05, 0.1) is 0 Å². The minimum Gasteiger partial charge on any atom is -0.322 e. The van der Waals surface area contributed by atoms with Gasteiger partial charge >= 0.3 is 0 Å². The number of nitrogens with one attached hydrogen (secondary N) is 2. The topological polar surface area (TPSA) is 75.3 Å². The molecular formula is C23H20N2O3. The normalized spacial score (nSPS) is 10.2. The summed E-state index contributed by atoms with van der Waals surface area (Å²) in [6, 6.07) is 20.7. The summed E-state index contributed by atoms with van der Waals surface area (Å²) in [4.78, 5) is 36.5. The SMILES string of the molecule is CC(=O)c1cccc(NC(=O)c2cccc(C(=O)Nc3cccc(C)c3)c2)c1. The van der Waals surface area contributed by atoms with Crippen molar-refractivity contribution >= 4 is 29.0 Å². The Labute approximate surface area is 163 Å². The molecule has 0 aliphatic rings. The van der Waals surface area contributed by atoms with Crippen LogP contribution < -0.4 is 10.6 Å². The molecule has 0 spiro atoms. The summed E-state index contributed by atoms with van der Waals surface area (Å²) in [7, 11) is 0. The molecule has 0 aromatic heterocycles. The maximum Gasteiger partial charge on any atom is 0.255 e. The van der Waals surface area contributed by atoms with Crippen LogP contribution >= 0.6 is 0 Å². The van der Waals surface area contributed by atoms with Gasteiger partial charge in [-0.25, -0.2) is 0 Å². The van der Waals surface area contributed by atoms with Crippen molar-refractivity contribution in [2.24, 2.45) is 0 Å². The summed E-state index contributed by atoms with van der Waals surface area (Å²) in [6.45, 7) is 3.42. The molecule has 5 nitrogen and oxygen atoms in total. The second-order valence-corrected chi connectivity index (χ2v) is 6.50. The fourth-order valence-corrected chi connectivity index (χ4v) is 2.75. The van der Waals surface area contributed by atoms with E-state index in [1.807, 2.05) is 31.2 Å². The molecule has 2 N–H and O–H groups in total. The molecule has 2 amide bonds. The van der Waals surface area contributed by atoms with Crippen molar-refractivity contribution in [2.45, 2.75) is 13.8 Å². The Morgan fingerprint density at radius 3 is 1.71 bits per heavy atom. The summed E-state index contributed by atoms with van der Waals surface area (Å²) in [5.41, 5.74) is 3.51. The van der Waals surface area contributed by atoms with Gasteiger partial charge in [0.15, 0.2) is 5.78 Å². The molecule has 0 bridgehead atoms. The van der Waals surface area contributed by atoms with Crippen molar-refractivity contribution in [3.8, 4) is 0 Å². The number of carbonyl (C=O) groups excluding carboxylic acids is 3. The van der Waals surface area contributed by atoms with Gasteiger partial charge in [0.1, 0.15) is 0 Å². The second-order valence-electron chi connectivity index (χ2n) is 6.50. The Morgan fingerprint density at radius 1 is 0.643 bits per heavy atom. The number of hydrogen-bond donors (Lipinski definition) is 2. The molecular weight excluding hydrogens is 352 g/mol. The van der Waals surface area contributed by atoms with E-state index in [4.69, 9.17) is 0 Å². The van der Waals surface area contributed by atoms with E-state index in [0.717, 1.165) is 5.56 Å². The van der Waals surface area contributed by atoms with Gasteiger partial charge in [-0.05, 0) is 61.9 Å². The van der Waals surface area contributed by atoms with E-state index >= 15 is 0 Å². The molecule has 140 valence electrons. The molecule has 0 unspecified atom stereocenters. The molecule has 0 heterocycles. The third kappa shape index (κ3) is 4.71.